The van der Waals surface area contributed by atoms with Gasteiger partial charge in [-0.15, -0.1) is 21.8 Å². The lowest BCUT2D eigenvalue weighted by Crippen LogP contribution is -2.03. The fraction of sp³-hybridized carbons (Fsp3) is 0.444. The van der Waals surface area contributed by atoms with E-state index in [0.29, 0.717) is 5.88 Å². The Morgan fingerprint density at radius 2 is 2.33 bits per heavy atom. The van der Waals surface area contributed by atoms with E-state index in [2.05, 4.69) is 15.3 Å². The van der Waals surface area contributed by atoms with E-state index in [4.69, 9.17) is 11.6 Å². The van der Waals surface area contributed by atoms with Gasteiger partial charge in [0, 0.05) is 19.8 Å². The Morgan fingerprint density at radius 3 is 3.00 bits per heavy atom. The molecule has 0 saturated carbocycles. The molecular formula is C9H12ClN5. The van der Waals surface area contributed by atoms with Crippen molar-refractivity contribution in [2.24, 2.45) is 7.05 Å². The maximum atomic E-state index is 5.72. The summed E-state index contributed by atoms with van der Waals surface area (Å²) in [5.41, 5.74) is 1.20. The lowest BCUT2D eigenvalue weighted by Gasteiger charge is -2.02. The van der Waals surface area contributed by atoms with Gasteiger partial charge in [0.2, 0.25) is 0 Å². The minimum absolute atomic E-state index is 0.396. The molecule has 5 nitrogen and oxygen atoms in total. The predicted octanol–water partition coefficient (Wildman–Crippen LogP) is 0.993. The molecule has 0 aliphatic carbocycles. The van der Waals surface area contributed by atoms with Crippen LogP contribution < -0.4 is 0 Å². The Hall–Kier alpha value is -1.36. The standard InChI is InChI=1S/C9H12ClN5/c1-14-6-8(5-12-14)2-3-15-7-11-13-9(15)4-10/h5-7H,2-4H2,1H3. The molecule has 0 fully saturated rings. The third-order valence-corrected chi connectivity index (χ3v) is 2.45. The van der Waals surface area contributed by atoms with E-state index in [9.17, 15) is 0 Å². The van der Waals surface area contributed by atoms with Crippen LogP contribution in [-0.4, -0.2) is 24.5 Å². The van der Waals surface area contributed by atoms with Gasteiger partial charge in [-0.25, -0.2) is 0 Å². The van der Waals surface area contributed by atoms with Gasteiger partial charge in [-0.2, -0.15) is 5.10 Å². The minimum Gasteiger partial charge on any atom is -0.316 e. The van der Waals surface area contributed by atoms with E-state index in [1.807, 2.05) is 24.0 Å². The number of nitrogens with zero attached hydrogens (tertiary/aromatic N) is 5. The van der Waals surface area contributed by atoms with Gasteiger partial charge in [-0.3, -0.25) is 4.68 Å². The number of alkyl halides is 1. The number of hydrogen-bond donors (Lipinski definition) is 0. The molecule has 0 saturated heterocycles. The van der Waals surface area contributed by atoms with Crippen LogP contribution in [0.1, 0.15) is 11.4 Å². The highest BCUT2D eigenvalue weighted by molar-refractivity contribution is 6.16. The summed E-state index contributed by atoms with van der Waals surface area (Å²) in [6, 6.07) is 0. The average Bonchev–Trinajstić information content (AvgIpc) is 2.83. The van der Waals surface area contributed by atoms with Gasteiger partial charge in [0.1, 0.15) is 12.2 Å². The first-order valence-electron chi connectivity index (χ1n) is 4.70. The van der Waals surface area contributed by atoms with Crippen molar-refractivity contribution >= 4 is 11.6 Å². The molecular weight excluding hydrogens is 214 g/mol. The zero-order valence-corrected chi connectivity index (χ0v) is 9.22. The van der Waals surface area contributed by atoms with Gasteiger partial charge in [0.25, 0.3) is 0 Å². The molecule has 15 heavy (non-hydrogen) atoms. The summed E-state index contributed by atoms with van der Waals surface area (Å²) in [5, 5.41) is 11.8. The first-order valence-corrected chi connectivity index (χ1v) is 5.23. The summed E-state index contributed by atoms with van der Waals surface area (Å²) in [6.07, 6.45) is 6.49. The quantitative estimate of drug-likeness (QED) is 0.730. The molecule has 2 heterocycles. The van der Waals surface area contributed by atoms with Crippen LogP contribution in [0.2, 0.25) is 0 Å². The molecule has 0 amide bonds. The van der Waals surface area contributed by atoms with Crippen molar-refractivity contribution in [3.63, 3.8) is 0 Å². The van der Waals surface area contributed by atoms with Crippen LogP contribution in [0.4, 0.5) is 0 Å². The normalized spacial score (nSPS) is 10.8. The molecule has 2 aromatic heterocycles. The smallest absolute Gasteiger partial charge is 0.147 e. The molecule has 0 spiro atoms. The molecule has 0 atom stereocenters. The second-order valence-corrected chi connectivity index (χ2v) is 3.61. The maximum Gasteiger partial charge on any atom is 0.147 e. The van der Waals surface area contributed by atoms with Gasteiger partial charge in [-0.1, -0.05) is 0 Å². The van der Waals surface area contributed by atoms with Crippen LogP contribution in [0.3, 0.4) is 0 Å². The molecule has 0 N–H and O–H groups in total. The van der Waals surface area contributed by atoms with Gasteiger partial charge < -0.3 is 4.57 Å². The van der Waals surface area contributed by atoms with Crippen molar-refractivity contribution in [3.05, 3.63) is 30.1 Å². The Morgan fingerprint density at radius 1 is 1.47 bits per heavy atom. The van der Waals surface area contributed by atoms with Gasteiger partial charge in [-0.05, 0) is 12.0 Å². The summed E-state index contributed by atoms with van der Waals surface area (Å²) >= 11 is 5.72. The summed E-state index contributed by atoms with van der Waals surface area (Å²) in [7, 11) is 1.91. The lowest BCUT2D eigenvalue weighted by atomic mass is 10.2. The number of rotatable bonds is 4. The monoisotopic (exact) mass is 225 g/mol. The topological polar surface area (TPSA) is 48.5 Å². The van der Waals surface area contributed by atoms with E-state index in [-0.39, 0.29) is 0 Å². The summed E-state index contributed by atoms with van der Waals surface area (Å²) < 4.78 is 3.75. The SMILES string of the molecule is Cn1cc(CCn2cnnc2CCl)cn1. The van der Waals surface area contributed by atoms with Crippen LogP contribution >= 0.6 is 11.6 Å². The zero-order chi connectivity index (χ0) is 10.7. The van der Waals surface area contributed by atoms with Crippen molar-refractivity contribution in [3.8, 4) is 0 Å². The molecule has 0 aliphatic rings. The molecule has 2 aromatic rings. The highest BCUT2D eigenvalue weighted by atomic mass is 35.5. The third-order valence-electron chi connectivity index (χ3n) is 2.21. The Labute approximate surface area is 92.7 Å². The average molecular weight is 226 g/mol. The Balaban J connectivity index is 1.98. The van der Waals surface area contributed by atoms with E-state index >= 15 is 0 Å². The number of halogens is 1. The fourth-order valence-electron chi connectivity index (χ4n) is 1.42. The highest BCUT2D eigenvalue weighted by Crippen LogP contribution is 2.03. The predicted molar refractivity (Wildman–Crippen MR) is 56.5 cm³/mol. The summed E-state index contributed by atoms with van der Waals surface area (Å²) in [4.78, 5) is 0. The fourth-order valence-corrected chi connectivity index (χ4v) is 1.63. The second-order valence-electron chi connectivity index (χ2n) is 3.35. The molecule has 2 rings (SSSR count). The largest absolute Gasteiger partial charge is 0.316 e. The molecule has 0 aromatic carbocycles. The van der Waals surface area contributed by atoms with Crippen LogP contribution in [0.25, 0.3) is 0 Å². The molecule has 80 valence electrons. The van der Waals surface area contributed by atoms with Crippen molar-refractivity contribution in [1.29, 1.82) is 0 Å². The zero-order valence-electron chi connectivity index (χ0n) is 8.47. The Kier molecular flexibility index (Phi) is 3.01. The molecule has 6 heteroatoms. The van der Waals surface area contributed by atoms with Gasteiger partial charge in [0.05, 0.1) is 12.1 Å². The van der Waals surface area contributed by atoms with Crippen LogP contribution in [0.15, 0.2) is 18.7 Å². The summed E-state index contributed by atoms with van der Waals surface area (Å²) in [6.45, 7) is 0.834. The van der Waals surface area contributed by atoms with E-state index in [1.54, 1.807) is 11.0 Å². The molecule has 0 aliphatic heterocycles. The lowest BCUT2D eigenvalue weighted by molar-refractivity contribution is 0.667. The van der Waals surface area contributed by atoms with E-state index < -0.39 is 0 Å². The highest BCUT2D eigenvalue weighted by Gasteiger charge is 2.03. The van der Waals surface area contributed by atoms with Crippen molar-refractivity contribution < 1.29 is 0 Å². The molecule has 0 bridgehead atoms. The number of aromatic nitrogens is 5. The van der Waals surface area contributed by atoms with Crippen LogP contribution in [0, 0.1) is 0 Å². The first kappa shape index (κ1) is 10.2. The summed E-state index contributed by atoms with van der Waals surface area (Å²) in [5.74, 6) is 1.20. The van der Waals surface area contributed by atoms with Crippen molar-refractivity contribution in [2.75, 3.05) is 0 Å². The van der Waals surface area contributed by atoms with Crippen LogP contribution in [0.5, 0.6) is 0 Å². The van der Waals surface area contributed by atoms with Crippen molar-refractivity contribution in [2.45, 2.75) is 18.8 Å². The second kappa shape index (κ2) is 4.44. The van der Waals surface area contributed by atoms with Gasteiger partial charge in [0.15, 0.2) is 0 Å². The van der Waals surface area contributed by atoms with Crippen molar-refractivity contribution in [1.82, 2.24) is 24.5 Å². The molecule has 0 radical (unpaired) electrons. The first-order chi connectivity index (χ1) is 7.29. The van der Waals surface area contributed by atoms with E-state index in [1.165, 1.54) is 5.56 Å². The Bertz CT molecular complexity index is 433. The molecule has 0 unspecified atom stereocenters. The third kappa shape index (κ3) is 2.36. The number of hydrogen-bond acceptors (Lipinski definition) is 3. The maximum absolute atomic E-state index is 5.72. The number of aryl methyl sites for hydroxylation is 3. The van der Waals surface area contributed by atoms with Crippen LogP contribution in [-0.2, 0) is 25.9 Å². The van der Waals surface area contributed by atoms with Gasteiger partial charge >= 0.3 is 0 Å². The van der Waals surface area contributed by atoms with E-state index in [0.717, 1.165) is 18.8 Å². The minimum atomic E-state index is 0.396.